The number of nitrogens with one attached hydrogen (secondary N) is 1. The van der Waals surface area contributed by atoms with E-state index in [9.17, 15) is 23.1 Å². The van der Waals surface area contributed by atoms with Gasteiger partial charge in [0, 0.05) is 13.1 Å². The SMILES string of the molecule is CC(C)CN(C[C@@H](O)[C@H](Cc1ccccc1)NC(=O)C(C)C(C)(C)C(=O)OCc1ccccc1)S(=O)(=O)c1ccccc1. The highest BCUT2D eigenvalue weighted by Crippen LogP contribution is 2.29. The number of sulfonamides is 1. The Bertz CT molecular complexity index is 1410. The second-order valence-corrected chi connectivity index (χ2v) is 13.8. The molecule has 0 fully saturated rings. The van der Waals surface area contributed by atoms with E-state index in [0.717, 1.165) is 11.1 Å². The average molecular weight is 609 g/mol. The van der Waals surface area contributed by atoms with E-state index in [-0.39, 0.29) is 36.9 Å². The van der Waals surface area contributed by atoms with Crippen molar-refractivity contribution in [2.24, 2.45) is 17.3 Å². The first kappa shape index (κ1) is 34.0. The predicted octanol–water partition coefficient (Wildman–Crippen LogP) is 4.83. The van der Waals surface area contributed by atoms with Crippen LogP contribution in [-0.2, 0) is 37.4 Å². The number of nitrogens with zero attached hydrogens (tertiary/aromatic N) is 1. The lowest BCUT2D eigenvalue weighted by Crippen LogP contribution is -2.53. The smallest absolute Gasteiger partial charge is 0.312 e. The van der Waals surface area contributed by atoms with Gasteiger partial charge in [0.1, 0.15) is 6.61 Å². The molecule has 0 spiro atoms. The van der Waals surface area contributed by atoms with Crippen molar-refractivity contribution in [2.45, 2.75) is 64.7 Å². The van der Waals surface area contributed by atoms with Gasteiger partial charge >= 0.3 is 5.97 Å². The Kier molecular flexibility index (Phi) is 12.1. The monoisotopic (exact) mass is 608 g/mol. The third-order valence-corrected chi connectivity index (χ3v) is 9.49. The number of hydrogen-bond donors (Lipinski definition) is 2. The zero-order chi connectivity index (χ0) is 31.6. The summed E-state index contributed by atoms with van der Waals surface area (Å²) in [5, 5.41) is 14.4. The number of amides is 1. The molecule has 3 aromatic rings. The first-order chi connectivity index (χ1) is 20.3. The molecule has 8 nitrogen and oxygen atoms in total. The number of benzene rings is 3. The molecule has 1 unspecified atom stereocenters. The minimum atomic E-state index is -3.91. The quantitative estimate of drug-likeness (QED) is 0.239. The van der Waals surface area contributed by atoms with E-state index in [4.69, 9.17) is 4.74 Å². The fourth-order valence-corrected chi connectivity index (χ4v) is 6.27. The molecule has 2 N–H and O–H groups in total. The van der Waals surface area contributed by atoms with Gasteiger partial charge in [-0.1, -0.05) is 99.6 Å². The number of carbonyl (C=O) groups is 2. The minimum Gasteiger partial charge on any atom is -0.460 e. The Balaban J connectivity index is 1.80. The molecule has 0 heterocycles. The lowest BCUT2D eigenvalue weighted by molar-refractivity contribution is -0.161. The average Bonchev–Trinajstić information content (AvgIpc) is 2.99. The zero-order valence-electron chi connectivity index (χ0n) is 25.6. The van der Waals surface area contributed by atoms with Crippen LogP contribution in [0.2, 0.25) is 0 Å². The van der Waals surface area contributed by atoms with Gasteiger partial charge in [-0.25, -0.2) is 8.42 Å². The summed E-state index contributed by atoms with van der Waals surface area (Å²) in [6.07, 6.45) is -0.970. The molecule has 0 aliphatic rings. The Hall–Kier alpha value is -3.53. The summed E-state index contributed by atoms with van der Waals surface area (Å²) in [4.78, 5) is 26.8. The minimum absolute atomic E-state index is 0.00410. The van der Waals surface area contributed by atoms with E-state index in [1.165, 1.54) is 16.4 Å². The summed E-state index contributed by atoms with van der Waals surface area (Å²) in [6.45, 7) is 8.84. The molecule has 9 heteroatoms. The van der Waals surface area contributed by atoms with Crippen LogP contribution in [0.25, 0.3) is 0 Å². The van der Waals surface area contributed by atoms with E-state index >= 15 is 0 Å². The molecule has 0 aliphatic carbocycles. The largest absolute Gasteiger partial charge is 0.460 e. The number of esters is 1. The van der Waals surface area contributed by atoms with E-state index in [1.807, 2.05) is 74.5 Å². The summed E-state index contributed by atoms with van der Waals surface area (Å²) in [5.74, 6) is -1.77. The highest BCUT2D eigenvalue weighted by atomic mass is 32.2. The van der Waals surface area contributed by atoms with Gasteiger partial charge in [-0.3, -0.25) is 9.59 Å². The third kappa shape index (κ3) is 9.48. The maximum absolute atomic E-state index is 13.6. The molecule has 0 aliphatic heterocycles. The molecular weight excluding hydrogens is 564 g/mol. The van der Waals surface area contributed by atoms with Crippen molar-refractivity contribution in [2.75, 3.05) is 13.1 Å². The normalized spacial score (nSPS) is 14.2. The number of hydrogen-bond acceptors (Lipinski definition) is 6. The maximum Gasteiger partial charge on any atom is 0.312 e. The van der Waals surface area contributed by atoms with Crippen molar-refractivity contribution < 1.29 is 27.9 Å². The Morgan fingerprint density at radius 1 is 0.837 bits per heavy atom. The first-order valence-corrected chi connectivity index (χ1v) is 16.0. The van der Waals surface area contributed by atoms with Crippen LogP contribution in [0.5, 0.6) is 0 Å². The lowest BCUT2D eigenvalue weighted by Gasteiger charge is -2.33. The maximum atomic E-state index is 13.6. The number of ether oxygens (including phenoxy) is 1. The second kappa shape index (κ2) is 15.3. The van der Waals surface area contributed by atoms with E-state index < -0.39 is 45.4 Å². The Morgan fingerprint density at radius 2 is 1.35 bits per heavy atom. The second-order valence-electron chi connectivity index (χ2n) is 11.9. The number of rotatable bonds is 15. The van der Waals surface area contributed by atoms with Gasteiger partial charge in [0.25, 0.3) is 0 Å². The molecular formula is C34H44N2O6S. The van der Waals surface area contributed by atoms with Crippen LogP contribution in [-0.4, -0.2) is 54.9 Å². The number of carbonyl (C=O) groups excluding carboxylic acids is 2. The summed E-state index contributed by atoms with van der Waals surface area (Å²) in [6, 6.07) is 25.9. The fourth-order valence-electron chi connectivity index (χ4n) is 4.63. The molecule has 0 aromatic heterocycles. The van der Waals surface area contributed by atoms with Crippen LogP contribution in [0.3, 0.4) is 0 Å². The third-order valence-electron chi connectivity index (χ3n) is 7.65. The van der Waals surface area contributed by atoms with E-state index in [1.54, 1.807) is 39.0 Å². The van der Waals surface area contributed by atoms with Crippen LogP contribution in [0, 0.1) is 17.3 Å². The number of aliphatic hydroxyl groups excluding tert-OH is 1. The standard InChI is InChI=1S/C34H44N2O6S/c1-25(2)22-36(43(40,41)29-19-13-8-14-20-29)23-31(37)30(21-27-15-9-6-10-16-27)35-32(38)26(3)34(4,5)33(39)42-24-28-17-11-7-12-18-28/h6-20,25-26,30-31,37H,21-24H2,1-5H3,(H,35,38)/t26?,30-,31+/m0/s1. The van der Waals surface area contributed by atoms with Crippen LogP contribution in [0.15, 0.2) is 95.9 Å². The van der Waals surface area contributed by atoms with Crippen molar-refractivity contribution >= 4 is 21.9 Å². The molecule has 0 bridgehead atoms. The van der Waals surface area contributed by atoms with Gasteiger partial charge in [0.15, 0.2) is 0 Å². The molecule has 3 aromatic carbocycles. The highest BCUT2D eigenvalue weighted by Gasteiger charge is 2.41. The molecule has 0 saturated carbocycles. The summed E-state index contributed by atoms with van der Waals surface area (Å²) in [7, 11) is -3.91. The van der Waals surface area contributed by atoms with Crippen molar-refractivity contribution in [1.82, 2.24) is 9.62 Å². The Morgan fingerprint density at radius 3 is 1.88 bits per heavy atom. The topological polar surface area (TPSA) is 113 Å². The van der Waals surface area contributed by atoms with Gasteiger partial charge < -0.3 is 15.2 Å². The molecule has 0 saturated heterocycles. The van der Waals surface area contributed by atoms with Gasteiger partial charge in [-0.05, 0) is 49.4 Å². The van der Waals surface area contributed by atoms with Gasteiger partial charge in [-0.15, -0.1) is 0 Å². The summed E-state index contributed by atoms with van der Waals surface area (Å²) >= 11 is 0. The van der Waals surface area contributed by atoms with Gasteiger partial charge in [0.05, 0.1) is 28.4 Å². The van der Waals surface area contributed by atoms with E-state index in [2.05, 4.69) is 5.32 Å². The molecule has 3 rings (SSSR count). The first-order valence-electron chi connectivity index (χ1n) is 14.6. The fraction of sp³-hybridized carbons (Fsp3) is 0.412. The lowest BCUT2D eigenvalue weighted by atomic mass is 9.79. The Labute approximate surface area is 256 Å². The molecule has 0 radical (unpaired) electrons. The van der Waals surface area contributed by atoms with Gasteiger partial charge in [-0.2, -0.15) is 4.31 Å². The van der Waals surface area contributed by atoms with Gasteiger partial charge in [0.2, 0.25) is 15.9 Å². The van der Waals surface area contributed by atoms with Crippen LogP contribution in [0.1, 0.15) is 45.7 Å². The van der Waals surface area contributed by atoms with E-state index in [0.29, 0.717) is 0 Å². The van der Waals surface area contributed by atoms with Crippen LogP contribution in [0.4, 0.5) is 0 Å². The number of aliphatic hydroxyl groups is 1. The van der Waals surface area contributed by atoms with Crippen molar-refractivity contribution in [3.8, 4) is 0 Å². The van der Waals surface area contributed by atoms with Crippen LogP contribution < -0.4 is 5.32 Å². The van der Waals surface area contributed by atoms with Crippen molar-refractivity contribution in [3.63, 3.8) is 0 Å². The summed E-state index contributed by atoms with van der Waals surface area (Å²) in [5.41, 5.74) is 0.537. The van der Waals surface area contributed by atoms with Crippen LogP contribution >= 0.6 is 0 Å². The molecule has 232 valence electrons. The molecule has 43 heavy (non-hydrogen) atoms. The summed E-state index contributed by atoms with van der Waals surface area (Å²) < 4.78 is 33.9. The zero-order valence-corrected chi connectivity index (χ0v) is 26.5. The van der Waals surface area contributed by atoms with Crippen molar-refractivity contribution in [1.29, 1.82) is 0 Å². The molecule has 1 amide bonds. The van der Waals surface area contributed by atoms with Crippen molar-refractivity contribution in [3.05, 3.63) is 102 Å². The highest BCUT2D eigenvalue weighted by molar-refractivity contribution is 7.89. The predicted molar refractivity (Wildman–Crippen MR) is 167 cm³/mol. The molecule has 3 atom stereocenters.